The van der Waals surface area contributed by atoms with E-state index in [1.165, 1.54) is 0 Å². The molecule has 0 bridgehead atoms. The first kappa shape index (κ1) is 24.3. The number of rotatable bonds is 6. The lowest BCUT2D eigenvalue weighted by Crippen LogP contribution is -2.46. The maximum Gasteiger partial charge on any atom is 0.251 e. The van der Waals surface area contributed by atoms with Gasteiger partial charge >= 0.3 is 0 Å². The minimum absolute atomic E-state index is 0.129. The predicted octanol–water partition coefficient (Wildman–Crippen LogP) is 3.90. The van der Waals surface area contributed by atoms with Crippen LogP contribution in [0.1, 0.15) is 46.2 Å². The molecular formula is C29H31N7O2. The van der Waals surface area contributed by atoms with Gasteiger partial charge < -0.3 is 20.3 Å². The number of H-pyrrole nitrogens is 1. The van der Waals surface area contributed by atoms with Gasteiger partial charge in [-0.3, -0.25) is 14.9 Å². The van der Waals surface area contributed by atoms with Crippen LogP contribution in [0.3, 0.4) is 0 Å². The van der Waals surface area contributed by atoms with Crippen LogP contribution in [0.4, 0.5) is 5.69 Å². The maximum absolute atomic E-state index is 13.3. The van der Waals surface area contributed by atoms with Crippen LogP contribution in [0, 0.1) is 0 Å². The smallest absolute Gasteiger partial charge is 0.251 e. The Morgan fingerprint density at radius 2 is 1.89 bits per heavy atom. The minimum Gasteiger partial charge on any atom is -0.374 e. The van der Waals surface area contributed by atoms with Crippen molar-refractivity contribution in [3.05, 3.63) is 95.6 Å². The Morgan fingerprint density at radius 3 is 2.74 bits per heavy atom. The summed E-state index contributed by atoms with van der Waals surface area (Å²) < 4.78 is 5.72. The van der Waals surface area contributed by atoms with Crippen LogP contribution >= 0.6 is 0 Å². The summed E-state index contributed by atoms with van der Waals surface area (Å²) in [5, 5.41) is 14.6. The molecular weight excluding hydrogens is 478 g/mol. The molecule has 1 fully saturated rings. The van der Waals surface area contributed by atoms with Gasteiger partial charge in [-0.05, 0) is 61.3 Å². The number of carbonyl (C=O) groups excluding carboxylic acids is 1. The number of piperidine rings is 1. The molecule has 3 N–H and O–H groups in total. The first-order chi connectivity index (χ1) is 18.6. The second kappa shape index (κ2) is 10.4. The van der Waals surface area contributed by atoms with Crippen LogP contribution in [0.5, 0.6) is 0 Å². The van der Waals surface area contributed by atoms with Crippen LogP contribution in [0.15, 0.2) is 73.1 Å². The molecule has 2 aliphatic heterocycles. The van der Waals surface area contributed by atoms with Gasteiger partial charge in [0.1, 0.15) is 0 Å². The summed E-state index contributed by atoms with van der Waals surface area (Å²) in [6.45, 7) is 2.87. The van der Waals surface area contributed by atoms with E-state index in [2.05, 4.69) is 43.8 Å². The highest BCUT2D eigenvalue weighted by Gasteiger charge is 2.39. The second-order valence-corrected chi connectivity index (χ2v) is 10.1. The van der Waals surface area contributed by atoms with Crippen molar-refractivity contribution < 1.29 is 9.53 Å². The Bertz CT molecular complexity index is 1410. The van der Waals surface area contributed by atoms with Gasteiger partial charge in [-0.1, -0.05) is 30.3 Å². The molecule has 0 saturated carbocycles. The van der Waals surface area contributed by atoms with Crippen molar-refractivity contribution in [1.29, 1.82) is 0 Å². The predicted molar refractivity (Wildman–Crippen MR) is 144 cm³/mol. The van der Waals surface area contributed by atoms with Crippen molar-refractivity contribution in [2.45, 2.75) is 31.0 Å². The summed E-state index contributed by atoms with van der Waals surface area (Å²) in [4.78, 5) is 24.6. The molecule has 4 heterocycles. The average molecular weight is 510 g/mol. The van der Waals surface area contributed by atoms with E-state index in [-0.39, 0.29) is 11.9 Å². The van der Waals surface area contributed by atoms with Crippen LogP contribution in [0.25, 0.3) is 11.4 Å². The number of hydrogen-bond donors (Lipinski definition) is 3. The van der Waals surface area contributed by atoms with Crippen molar-refractivity contribution in [2.75, 3.05) is 32.1 Å². The summed E-state index contributed by atoms with van der Waals surface area (Å²) in [5.74, 6) is 1.31. The van der Waals surface area contributed by atoms with E-state index in [1.807, 2.05) is 54.6 Å². The summed E-state index contributed by atoms with van der Waals surface area (Å²) >= 11 is 0. The molecule has 38 heavy (non-hydrogen) atoms. The molecule has 0 unspecified atom stereocenters. The lowest BCUT2D eigenvalue weighted by atomic mass is 9.86. The molecule has 2 aliphatic rings. The third-order valence-electron chi connectivity index (χ3n) is 7.50. The summed E-state index contributed by atoms with van der Waals surface area (Å²) in [5.41, 5.74) is 4.16. The fraction of sp³-hybridized carbons (Fsp3) is 0.310. The number of aromatic amines is 1. The summed E-state index contributed by atoms with van der Waals surface area (Å²) in [7, 11) is 2.13. The third kappa shape index (κ3) is 4.90. The number of anilines is 1. The molecule has 0 spiro atoms. The minimum atomic E-state index is -0.434. The number of amides is 1. The Morgan fingerprint density at radius 1 is 1.08 bits per heavy atom. The highest BCUT2D eigenvalue weighted by atomic mass is 16.5. The topological polar surface area (TPSA) is 108 Å². The Kier molecular flexibility index (Phi) is 6.61. The largest absolute Gasteiger partial charge is 0.374 e. The number of nitrogens with one attached hydrogen (secondary N) is 3. The molecule has 2 aromatic carbocycles. The molecule has 9 nitrogen and oxygen atoms in total. The zero-order chi connectivity index (χ0) is 26.0. The van der Waals surface area contributed by atoms with Crippen LogP contribution in [0.2, 0.25) is 0 Å². The molecule has 4 aromatic rings. The lowest BCUT2D eigenvalue weighted by molar-refractivity contribution is 0.0708. The van der Waals surface area contributed by atoms with E-state index < -0.39 is 5.54 Å². The lowest BCUT2D eigenvalue weighted by Gasteiger charge is -2.40. The van der Waals surface area contributed by atoms with Gasteiger partial charge in [0.25, 0.3) is 5.91 Å². The maximum atomic E-state index is 13.3. The Labute approximate surface area is 221 Å². The van der Waals surface area contributed by atoms with Gasteiger partial charge in [0.15, 0.2) is 11.6 Å². The van der Waals surface area contributed by atoms with Crippen molar-refractivity contribution in [3.63, 3.8) is 0 Å². The molecule has 0 radical (unpaired) electrons. The van der Waals surface area contributed by atoms with E-state index in [4.69, 9.17) is 9.72 Å². The third-order valence-corrected chi connectivity index (χ3v) is 7.50. The summed E-state index contributed by atoms with van der Waals surface area (Å²) in [6, 6.07) is 19.4. The molecule has 1 saturated heterocycles. The Balaban J connectivity index is 1.24. The quantitative estimate of drug-likeness (QED) is 0.362. The number of likely N-dealkylation sites (tertiary alicyclic amines) is 1. The van der Waals surface area contributed by atoms with Crippen LogP contribution in [-0.4, -0.2) is 57.7 Å². The van der Waals surface area contributed by atoms with E-state index in [1.54, 1.807) is 12.4 Å². The molecule has 6 rings (SSSR count). The van der Waals surface area contributed by atoms with Crippen LogP contribution in [-0.2, 0) is 16.9 Å². The fourth-order valence-electron chi connectivity index (χ4n) is 5.28. The van der Waals surface area contributed by atoms with Crippen LogP contribution < -0.4 is 10.6 Å². The number of carbonyl (C=O) groups is 1. The van der Waals surface area contributed by atoms with Crippen molar-refractivity contribution >= 4 is 11.6 Å². The van der Waals surface area contributed by atoms with E-state index in [0.29, 0.717) is 24.6 Å². The molecule has 194 valence electrons. The highest BCUT2D eigenvalue weighted by molar-refractivity contribution is 5.95. The van der Waals surface area contributed by atoms with Crippen molar-refractivity contribution in [1.82, 2.24) is 30.4 Å². The molecule has 2 aromatic heterocycles. The highest BCUT2D eigenvalue weighted by Crippen LogP contribution is 2.35. The zero-order valence-corrected chi connectivity index (χ0v) is 21.4. The van der Waals surface area contributed by atoms with E-state index >= 15 is 0 Å². The average Bonchev–Trinajstić information content (AvgIpc) is 3.47. The second-order valence-electron chi connectivity index (χ2n) is 10.1. The van der Waals surface area contributed by atoms with Gasteiger partial charge in [0, 0.05) is 42.3 Å². The molecule has 0 aliphatic carbocycles. The van der Waals surface area contributed by atoms with Gasteiger partial charge in [0.05, 0.1) is 24.8 Å². The summed E-state index contributed by atoms with van der Waals surface area (Å²) in [6.07, 6.45) is 5.18. The molecule has 9 heteroatoms. The zero-order valence-electron chi connectivity index (χ0n) is 21.4. The Hall–Kier alpha value is -4.08. The number of benzene rings is 2. The number of pyridine rings is 1. The number of fused-ring (bicyclic) bond motifs is 1. The number of ether oxygens (including phenoxy) is 1. The van der Waals surface area contributed by atoms with Crippen molar-refractivity contribution in [3.8, 4) is 11.4 Å². The monoisotopic (exact) mass is 509 g/mol. The van der Waals surface area contributed by atoms with E-state index in [0.717, 1.165) is 54.1 Å². The number of hydrogen-bond acceptors (Lipinski definition) is 7. The van der Waals surface area contributed by atoms with Gasteiger partial charge in [0.2, 0.25) is 0 Å². The van der Waals surface area contributed by atoms with Gasteiger partial charge in [-0.25, -0.2) is 4.98 Å². The molecule has 1 atom stereocenters. The standard InChI is InChI=1S/C29H31N7O2/c1-36-15-11-29(12-16-36,28-32-26(34-35-28)20-9-13-30-14-10-20)33-23-7-4-6-21(17-23)27(37)31-25-19-38-18-22-5-2-3-8-24(22)25/h2-10,13-14,17,25,33H,11-12,15-16,18-19H2,1H3,(H,31,37)(H,32,34,35)/t25-/m0/s1. The van der Waals surface area contributed by atoms with Gasteiger partial charge in [-0.15, -0.1) is 0 Å². The first-order valence-corrected chi connectivity index (χ1v) is 13.0. The first-order valence-electron chi connectivity index (χ1n) is 13.0. The number of nitrogens with zero attached hydrogens (tertiary/aromatic N) is 4. The fourth-order valence-corrected chi connectivity index (χ4v) is 5.28. The molecule has 1 amide bonds. The van der Waals surface area contributed by atoms with Crippen molar-refractivity contribution in [2.24, 2.45) is 0 Å². The number of aromatic nitrogens is 4. The normalized spacial score (nSPS) is 18.9. The van der Waals surface area contributed by atoms with E-state index in [9.17, 15) is 4.79 Å². The SMILES string of the molecule is CN1CCC(Nc2cccc(C(=O)N[C@H]3COCc4ccccc43)c2)(c2nc(-c3ccncc3)n[nH]2)CC1. The van der Waals surface area contributed by atoms with Gasteiger partial charge in [-0.2, -0.15) is 5.10 Å².